The molecular formula is C16H24N10O. The van der Waals surface area contributed by atoms with Gasteiger partial charge in [-0.1, -0.05) is 5.10 Å². The van der Waals surface area contributed by atoms with E-state index in [-0.39, 0.29) is 17.1 Å². The third-order valence-electron chi connectivity index (χ3n) is 6.40. The molecule has 6 rings (SSSR count). The van der Waals surface area contributed by atoms with Crippen molar-refractivity contribution >= 4 is 12.0 Å². The molecule has 4 bridgehead atoms. The molecular weight excluding hydrogens is 348 g/mol. The summed E-state index contributed by atoms with van der Waals surface area (Å²) in [6.07, 6.45) is 6.22. The van der Waals surface area contributed by atoms with Crippen LogP contribution in [0.2, 0.25) is 0 Å². The number of amides is 2. The first-order chi connectivity index (χ1) is 13.0. The average molecular weight is 372 g/mol. The van der Waals surface area contributed by atoms with Crippen LogP contribution in [0.15, 0.2) is 0 Å². The summed E-state index contributed by atoms with van der Waals surface area (Å²) in [5, 5.41) is 30.4. The number of anilines is 1. The Morgan fingerprint density at radius 1 is 1.19 bits per heavy atom. The second-order valence-electron chi connectivity index (χ2n) is 8.49. The standard InChI is InChI=1S/C16H24N10O/c1-3-25-13(20-22-24-25)17-14(27)18-15-5-11-4-12(6-15)8-16(7-11,9-15)26-21-10(2)19-23-26/h11-12H,3-9H2,1-2H3,(H2,17,18,20,24,27)/t11-,12-,15?,16?/m0/s1. The van der Waals surface area contributed by atoms with E-state index in [1.54, 1.807) is 4.68 Å². The molecule has 2 amide bonds. The second kappa shape index (κ2) is 5.70. The molecule has 11 nitrogen and oxygen atoms in total. The summed E-state index contributed by atoms with van der Waals surface area (Å²) in [4.78, 5) is 14.6. The van der Waals surface area contributed by atoms with Gasteiger partial charge in [0.15, 0.2) is 5.82 Å². The Kier molecular flexibility index (Phi) is 3.50. The van der Waals surface area contributed by atoms with Crippen molar-refractivity contribution in [3.63, 3.8) is 0 Å². The number of hydrogen-bond acceptors (Lipinski definition) is 7. The van der Waals surface area contributed by atoms with Gasteiger partial charge in [0, 0.05) is 12.1 Å². The maximum absolute atomic E-state index is 12.7. The molecule has 0 aromatic carbocycles. The van der Waals surface area contributed by atoms with E-state index >= 15 is 0 Å². The number of aryl methyl sites for hydroxylation is 2. The van der Waals surface area contributed by atoms with Crippen molar-refractivity contribution in [2.75, 3.05) is 5.32 Å². The number of nitrogens with zero attached hydrogens (tertiary/aromatic N) is 8. The zero-order chi connectivity index (χ0) is 18.6. The van der Waals surface area contributed by atoms with Crippen molar-refractivity contribution in [3.05, 3.63) is 5.82 Å². The topological polar surface area (TPSA) is 128 Å². The van der Waals surface area contributed by atoms with E-state index < -0.39 is 0 Å². The second-order valence-corrected chi connectivity index (χ2v) is 8.49. The van der Waals surface area contributed by atoms with Gasteiger partial charge in [-0.15, -0.1) is 10.2 Å². The number of aromatic nitrogens is 8. The first kappa shape index (κ1) is 16.6. The molecule has 0 saturated heterocycles. The Bertz CT molecular complexity index is 858. The van der Waals surface area contributed by atoms with Gasteiger partial charge in [0.25, 0.3) is 5.95 Å². The smallest absolute Gasteiger partial charge is 0.322 e. The van der Waals surface area contributed by atoms with E-state index in [1.807, 2.05) is 18.6 Å². The normalized spacial score (nSPS) is 34.0. The molecule has 27 heavy (non-hydrogen) atoms. The van der Waals surface area contributed by atoms with Crippen molar-refractivity contribution < 1.29 is 4.79 Å². The highest BCUT2D eigenvalue weighted by molar-refractivity contribution is 5.88. The highest BCUT2D eigenvalue weighted by Gasteiger charge is 2.60. The van der Waals surface area contributed by atoms with Crippen molar-refractivity contribution in [2.24, 2.45) is 11.8 Å². The number of carbonyl (C=O) groups is 1. The number of nitrogens with one attached hydrogen (secondary N) is 2. The SMILES string of the molecule is CCn1nnnc1NC(=O)NC12C[C@@H]3C[C@@H](C1)CC(n1nnc(C)n1)(C3)C2. The lowest BCUT2D eigenvalue weighted by Crippen LogP contribution is -2.66. The fourth-order valence-corrected chi connectivity index (χ4v) is 5.96. The molecule has 0 aliphatic heterocycles. The molecule has 4 aliphatic rings. The van der Waals surface area contributed by atoms with Crippen LogP contribution in [0.1, 0.15) is 51.3 Å². The Labute approximate surface area is 156 Å². The van der Waals surface area contributed by atoms with Crippen LogP contribution in [0.25, 0.3) is 0 Å². The van der Waals surface area contributed by atoms with Gasteiger partial charge in [0.05, 0.1) is 5.54 Å². The van der Waals surface area contributed by atoms with Crippen molar-refractivity contribution in [3.8, 4) is 0 Å². The molecule has 2 atom stereocenters. The minimum atomic E-state index is -0.251. The van der Waals surface area contributed by atoms with Crippen LogP contribution in [0, 0.1) is 18.8 Å². The summed E-state index contributed by atoms with van der Waals surface area (Å²) in [5.41, 5.74) is -0.371. The molecule has 144 valence electrons. The number of tetrazole rings is 2. The average Bonchev–Trinajstić information content (AvgIpc) is 3.22. The van der Waals surface area contributed by atoms with E-state index in [2.05, 4.69) is 41.6 Å². The van der Waals surface area contributed by atoms with Crippen LogP contribution in [-0.2, 0) is 12.1 Å². The monoisotopic (exact) mass is 372 g/mol. The predicted octanol–water partition coefficient (Wildman–Crippen LogP) is 0.858. The summed E-state index contributed by atoms with van der Waals surface area (Å²) in [7, 11) is 0. The fourth-order valence-electron chi connectivity index (χ4n) is 5.96. The molecule has 2 heterocycles. The number of rotatable bonds is 4. The Morgan fingerprint density at radius 2 is 1.96 bits per heavy atom. The third-order valence-corrected chi connectivity index (χ3v) is 6.40. The van der Waals surface area contributed by atoms with Gasteiger partial charge in [0.2, 0.25) is 0 Å². The molecule has 4 fully saturated rings. The van der Waals surface area contributed by atoms with Gasteiger partial charge in [0.1, 0.15) is 0 Å². The van der Waals surface area contributed by atoms with Crippen molar-refractivity contribution in [2.45, 2.75) is 70.0 Å². The highest BCUT2D eigenvalue weighted by Crippen LogP contribution is 2.60. The molecule has 2 aromatic heterocycles. The largest absolute Gasteiger partial charge is 0.332 e. The number of hydrogen-bond donors (Lipinski definition) is 2. The van der Waals surface area contributed by atoms with Crippen LogP contribution >= 0.6 is 0 Å². The predicted molar refractivity (Wildman–Crippen MR) is 93.6 cm³/mol. The summed E-state index contributed by atoms with van der Waals surface area (Å²) >= 11 is 0. The van der Waals surface area contributed by atoms with Crippen LogP contribution in [-0.4, -0.2) is 52.0 Å². The quantitative estimate of drug-likeness (QED) is 0.814. The molecule has 0 unspecified atom stereocenters. The Balaban J connectivity index is 1.38. The van der Waals surface area contributed by atoms with E-state index in [0.717, 1.165) is 32.1 Å². The van der Waals surface area contributed by atoms with Gasteiger partial charge >= 0.3 is 6.03 Å². The minimum absolute atomic E-state index is 0.135. The van der Waals surface area contributed by atoms with Gasteiger partial charge in [-0.2, -0.15) is 4.80 Å². The molecule has 0 radical (unpaired) electrons. The summed E-state index contributed by atoms with van der Waals surface area (Å²) in [5.74, 6) is 2.22. The van der Waals surface area contributed by atoms with Gasteiger partial charge in [-0.25, -0.2) is 9.48 Å². The first-order valence-electron chi connectivity index (χ1n) is 9.62. The van der Waals surface area contributed by atoms with E-state index in [1.165, 1.54) is 6.42 Å². The van der Waals surface area contributed by atoms with Gasteiger partial charge < -0.3 is 5.32 Å². The molecule has 4 saturated carbocycles. The summed E-state index contributed by atoms with van der Waals surface area (Å²) < 4.78 is 1.56. The van der Waals surface area contributed by atoms with Gasteiger partial charge in [-0.05, 0) is 79.8 Å². The van der Waals surface area contributed by atoms with Crippen LogP contribution < -0.4 is 10.6 Å². The highest BCUT2D eigenvalue weighted by atomic mass is 16.2. The molecule has 0 spiro atoms. The first-order valence-corrected chi connectivity index (χ1v) is 9.62. The minimum Gasteiger partial charge on any atom is -0.332 e. The molecule has 2 aromatic rings. The maximum Gasteiger partial charge on any atom is 0.322 e. The van der Waals surface area contributed by atoms with E-state index in [4.69, 9.17) is 0 Å². The van der Waals surface area contributed by atoms with E-state index in [0.29, 0.717) is 30.2 Å². The zero-order valence-electron chi connectivity index (χ0n) is 15.6. The molecule has 4 aliphatic carbocycles. The maximum atomic E-state index is 12.7. The Hall–Kier alpha value is -2.59. The summed E-state index contributed by atoms with van der Waals surface area (Å²) in [6, 6.07) is -0.251. The number of urea groups is 1. The lowest BCUT2D eigenvalue weighted by Gasteiger charge is -2.61. The molecule has 11 heteroatoms. The molecule has 2 N–H and O–H groups in total. The van der Waals surface area contributed by atoms with E-state index in [9.17, 15) is 4.79 Å². The zero-order valence-corrected chi connectivity index (χ0v) is 15.6. The van der Waals surface area contributed by atoms with Crippen LogP contribution in [0.5, 0.6) is 0 Å². The van der Waals surface area contributed by atoms with Crippen molar-refractivity contribution in [1.29, 1.82) is 0 Å². The van der Waals surface area contributed by atoms with Crippen LogP contribution in [0.3, 0.4) is 0 Å². The fraction of sp³-hybridized carbons (Fsp3) is 0.812. The van der Waals surface area contributed by atoms with Gasteiger partial charge in [-0.3, -0.25) is 5.32 Å². The van der Waals surface area contributed by atoms with Crippen molar-refractivity contribution in [1.82, 2.24) is 45.7 Å². The summed E-state index contributed by atoms with van der Waals surface area (Å²) in [6.45, 7) is 4.39. The number of carbonyl (C=O) groups excluding carboxylic acids is 1. The lowest BCUT2D eigenvalue weighted by atomic mass is 9.50. The lowest BCUT2D eigenvalue weighted by molar-refractivity contribution is -0.0797. The Morgan fingerprint density at radius 3 is 2.63 bits per heavy atom. The van der Waals surface area contributed by atoms with Crippen LogP contribution in [0.4, 0.5) is 10.7 Å². The third kappa shape index (κ3) is 2.67.